The summed E-state index contributed by atoms with van der Waals surface area (Å²) in [5, 5.41) is 8.76. The molecule has 1 heterocycles. The molecule has 2 rings (SSSR count). The van der Waals surface area contributed by atoms with Gasteiger partial charge in [0.2, 0.25) is 0 Å². The quantitative estimate of drug-likeness (QED) is 0.656. The lowest BCUT2D eigenvalue weighted by Gasteiger charge is -2.14. The molecule has 0 spiro atoms. The molecule has 1 aromatic carbocycles. The molecule has 0 aromatic heterocycles. The third-order valence-corrected chi connectivity index (χ3v) is 3.42. The number of anilines is 1. The van der Waals surface area contributed by atoms with Crippen LogP contribution in [0.15, 0.2) is 35.7 Å². The molecule has 17 heavy (non-hydrogen) atoms. The van der Waals surface area contributed by atoms with Crippen LogP contribution < -0.4 is 4.90 Å². The Balaban J connectivity index is 2.35. The zero-order valence-electron chi connectivity index (χ0n) is 8.54. The summed E-state index contributed by atoms with van der Waals surface area (Å²) in [6.45, 7) is 3.60. The average Bonchev–Trinajstić information content (AvgIpc) is 2.53. The first-order chi connectivity index (χ1) is 8.00. The number of aromatic carboxylic acids is 1. The van der Waals surface area contributed by atoms with Crippen molar-refractivity contribution in [2.75, 3.05) is 4.90 Å². The second kappa shape index (κ2) is 4.31. The fourth-order valence-corrected chi connectivity index (χ4v) is 2.54. The fraction of sp³-hybridized carbons (Fsp3) is 0. The number of carbonyl (C=O) groups excluding carboxylic acids is 1. The summed E-state index contributed by atoms with van der Waals surface area (Å²) >= 11 is 6.19. The van der Waals surface area contributed by atoms with E-state index in [1.165, 1.54) is 17.0 Å². The molecule has 1 fully saturated rings. The lowest BCUT2D eigenvalue weighted by Crippen LogP contribution is -2.27. The van der Waals surface area contributed by atoms with Gasteiger partial charge < -0.3 is 5.11 Å². The highest BCUT2D eigenvalue weighted by molar-refractivity contribution is 8.27. The second-order valence-corrected chi connectivity index (χ2v) is 5.01. The van der Waals surface area contributed by atoms with Crippen molar-refractivity contribution in [1.82, 2.24) is 0 Å². The summed E-state index contributed by atoms with van der Waals surface area (Å²) in [6, 6.07) is 5.96. The number of carboxylic acid groups (broad SMARTS) is 1. The van der Waals surface area contributed by atoms with Gasteiger partial charge in [-0.15, -0.1) is 0 Å². The number of hydrogen-bond donors (Lipinski definition) is 1. The van der Waals surface area contributed by atoms with Crippen molar-refractivity contribution in [1.29, 1.82) is 0 Å². The van der Waals surface area contributed by atoms with E-state index in [1.54, 1.807) is 12.1 Å². The van der Waals surface area contributed by atoms with E-state index in [9.17, 15) is 9.59 Å². The molecule has 1 aliphatic heterocycles. The molecule has 6 heteroatoms. The van der Waals surface area contributed by atoms with Gasteiger partial charge in [0.15, 0.2) is 4.32 Å². The van der Waals surface area contributed by atoms with E-state index in [0.717, 1.165) is 11.8 Å². The summed E-state index contributed by atoms with van der Waals surface area (Å²) in [5.41, 5.74) is 0.717. The molecule has 0 radical (unpaired) electrons. The minimum atomic E-state index is -1.01. The van der Waals surface area contributed by atoms with E-state index in [4.69, 9.17) is 17.3 Å². The van der Waals surface area contributed by atoms with Crippen LogP contribution in [0, 0.1) is 0 Å². The van der Waals surface area contributed by atoms with Crippen LogP contribution in [0.4, 0.5) is 5.69 Å². The molecule has 1 N–H and O–H groups in total. The van der Waals surface area contributed by atoms with E-state index >= 15 is 0 Å². The second-order valence-electron chi connectivity index (χ2n) is 3.28. The van der Waals surface area contributed by atoms with Crippen LogP contribution in [0.3, 0.4) is 0 Å². The first-order valence-corrected chi connectivity index (χ1v) is 5.81. The van der Waals surface area contributed by atoms with Gasteiger partial charge >= 0.3 is 5.97 Å². The summed E-state index contributed by atoms with van der Waals surface area (Å²) in [5.74, 6) is -1.27. The van der Waals surface area contributed by atoms with Crippen LogP contribution in [0.5, 0.6) is 0 Å². The maximum absolute atomic E-state index is 11.7. The zero-order chi connectivity index (χ0) is 12.6. The lowest BCUT2D eigenvalue weighted by atomic mass is 10.2. The Hall–Kier alpha value is -1.66. The number of nitrogens with zero attached hydrogens (tertiary/aromatic N) is 1. The summed E-state index contributed by atoms with van der Waals surface area (Å²) in [4.78, 5) is 24.1. The fourth-order valence-electron chi connectivity index (χ4n) is 1.38. The van der Waals surface area contributed by atoms with Crippen LogP contribution in [0.2, 0.25) is 0 Å². The highest BCUT2D eigenvalue weighted by Crippen LogP contribution is 2.33. The summed E-state index contributed by atoms with van der Waals surface area (Å²) in [6.07, 6.45) is 0. The predicted octanol–water partition coefficient (Wildman–Crippen LogP) is 2.26. The Morgan fingerprint density at radius 1 is 1.35 bits per heavy atom. The standard InChI is InChI=1S/C11H7NO3S2/c1-6-9(13)12(11(16)17-6)8-4-2-7(3-5-8)10(14)15/h2-5H,1H2,(H,14,15). The van der Waals surface area contributed by atoms with E-state index in [1.807, 2.05) is 0 Å². The van der Waals surface area contributed by atoms with E-state index in [0.29, 0.717) is 14.9 Å². The van der Waals surface area contributed by atoms with Gasteiger partial charge in [-0.3, -0.25) is 9.69 Å². The minimum Gasteiger partial charge on any atom is -0.478 e. The minimum absolute atomic E-state index is 0.165. The Labute approximate surface area is 107 Å². The number of amides is 1. The van der Waals surface area contributed by atoms with Gasteiger partial charge in [0.1, 0.15) is 0 Å². The van der Waals surface area contributed by atoms with Crippen molar-refractivity contribution >= 4 is 45.9 Å². The van der Waals surface area contributed by atoms with Gasteiger partial charge in [-0.25, -0.2) is 4.79 Å². The van der Waals surface area contributed by atoms with Crippen molar-refractivity contribution in [3.05, 3.63) is 41.3 Å². The van der Waals surface area contributed by atoms with Crippen molar-refractivity contribution in [3.8, 4) is 0 Å². The Bertz CT molecular complexity index is 536. The molecule has 1 aromatic rings. The number of thiocarbonyl (C=S) groups is 1. The van der Waals surface area contributed by atoms with Gasteiger partial charge in [0.25, 0.3) is 5.91 Å². The number of thioether (sulfide) groups is 1. The van der Waals surface area contributed by atoms with Crippen molar-refractivity contribution in [2.24, 2.45) is 0 Å². The number of carboxylic acids is 1. The van der Waals surface area contributed by atoms with Gasteiger partial charge in [0, 0.05) is 0 Å². The number of rotatable bonds is 2. The predicted molar refractivity (Wildman–Crippen MR) is 70.2 cm³/mol. The maximum Gasteiger partial charge on any atom is 0.335 e. The van der Waals surface area contributed by atoms with Gasteiger partial charge in [-0.05, 0) is 24.3 Å². The number of carbonyl (C=O) groups is 2. The maximum atomic E-state index is 11.7. The normalized spacial score (nSPS) is 15.5. The molecular weight excluding hydrogens is 258 g/mol. The van der Waals surface area contributed by atoms with Crippen molar-refractivity contribution < 1.29 is 14.7 Å². The van der Waals surface area contributed by atoms with E-state index in [-0.39, 0.29) is 11.5 Å². The summed E-state index contributed by atoms with van der Waals surface area (Å²) < 4.78 is 0.406. The topological polar surface area (TPSA) is 57.6 Å². The van der Waals surface area contributed by atoms with Crippen LogP contribution in [-0.2, 0) is 4.79 Å². The molecule has 0 unspecified atom stereocenters. The smallest absolute Gasteiger partial charge is 0.335 e. The molecule has 0 saturated carbocycles. The molecule has 1 amide bonds. The van der Waals surface area contributed by atoms with E-state index in [2.05, 4.69) is 6.58 Å². The molecular formula is C11H7NO3S2. The largest absolute Gasteiger partial charge is 0.478 e. The Kier molecular flexibility index (Phi) is 2.99. The Morgan fingerprint density at radius 3 is 2.35 bits per heavy atom. The van der Waals surface area contributed by atoms with Gasteiger partial charge in [0.05, 0.1) is 16.2 Å². The number of hydrogen-bond acceptors (Lipinski definition) is 4. The average molecular weight is 265 g/mol. The monoisotopic (exact) mass is 265 g/mol. The molecule has 0 bridgehead atoms. The van der Waals surface area contributed by atoms with Gasteiger partial charge in [-0.2, -0.15) is 0 Å². The van der Waals surface area contributed by atoms with E-state index < -0.39 is 5.97 Å². The molecule has 1 aliphatic rings. The number of benzene rings is 1. The first-order valence-electron chi connectivity index (χ1n) is 4.59. The SMILES string of the molecule is C=C1SC(=S)N(c2ccc(C(=O)O)cc2)C1=O. The third kappa shape index (κ3) is 2.09. The Morgan fingerprint density at radius 2 is 1.94 bits per heavy atom. The summed E-state index contributed by atoms with van der Waals surface area (Å²) in [7, 11) is 0. The van der Waals surface area contributed by atoms with Crippen LogP contribution in [0.1, 0.15) is 10.4 Å². The molecule has 0 aliphatic carbocycles. The lowest BCUT2D eigenvalue weighted by molar-refractivity contribution is -0.113. The van der Waals surface area contributed by atoms with Crippen molar-refractivity contribution in [3.63, 3.8) is 0 Å². The highest BCUT2D eigenvalue weighted by atomic mass is 32.2. The molecule has 0 atom stereocenters. The molecule has 86 valence electrons. The molecule has 1 saturated heterocycles. The molecule has 4 nitrogen and oxygen atoms in total. The van der Waals surface area contributed by atoms with Crippen LogP contribution in [-0.4, -0.2) is 21.3 Å². The zero-order valence-corrected chi connectivity index (χ0v) is 10.2. The van der Waals surface area contributed by atoms with Crippen LogP contribution >= 0.6 is 24.0 Å². The third-order valence-electron chi connectivity index (χ3n) is 2.21. The first kappa shape index (κ1) is 11.8. The highest BCUT2D eigenvalue weighted by Gasteiger charge is 2.31. The van der Waals surface area contributed by atoms with Crippen LogP contribution in [0.25, 0.3) is 0 Å². The van der Waals surface area contributed by atoms with Crippen molar-refractivity contribution in [2.45, 2.75) is 0 Å². The van der Waals surface area contributed by atoms with Gasteiger partial charge in [-0.1, -0.05) is 30.6 Å².